The van der Waals surface area contributed by atoms with Crippen LogP contribution in [0.3, 0.4) is 0 Å². The number of methoxy groups -OCH3 is 1. The Kier molecular flexibility index (Phi) is 2.15. The maximum absolute atomic E-state index is 13.5. The van der Waals surface area contributed by atoms with Crippen LogP contribution in [-0.2, 0) is 15.5 Å². The number of carbonyl (C=O) groups is 2. The summed E-state index contributed by atoms with van der Waals surface area (Å²) in [5.74, 6) is -6.02. The first-order valence-electron chi connectivity index (χ1n) is 4.39. The van der Waals surface area contributed by atoms with Crippen LogP contribution in [0, 0.1) is 0 Å². The summed E-state index contributed by atoms with van der Waals surface area (Å²) in [6.07, 6.45) is 0. The van der Waals surface area contributed by atoms with Crippen LogP contribution < -0.4 is 5.32 Å². The summed E-state index contributed by atoms with van der Waals surface area (Å²) < 4.78 is 31.3. The summed E-state index contributed by atoms with van der Waals surface area (Å²) in [6.45, 7) is 0. The third kappa shape index (κ3) is 1.26. The average Bonchev–Trinajstić information content (AvgIpc) is 2.49. The van der Waals surface area contributed by atoms with E-state index < -0.39 is 23.4 Å². The normalized spacial score (nSPS) is 16.6. The number of anilines is 1. The second-order valence-electron chi connectivity index (χ2n) is 3.25. The fourth-order valence-corrected chi connectivity index (χ4v) is 1.59. The molecule has 1 amide bonds. The van der Waals surface area contributed by atoms with Crippen LogP contribution in [-0.4, -0.2) is 19.0 Å². The molecule has 0 bridgehead atoms. The van der Waals surface area contributed by atoms with Gasteiger partial charge < -0.3 is 10.1 Å². The Morgan fingerprint density at radius 1 is 1.44 bits per heavy atom. The number of fused-ring (bicyclic) bond motifs is 1. The Labute approximate surface area is 89.2 Å². The van der Waals surface area contributed by atoms with Crippen molar-refractivity contribution in [3.8, 4) is 0 Å². The molecule has 0 atom stereocenters. The van der Waals surface area contributed by atoms with Gasteiger partial charge in [0.1, 0.15) is 0 Å². The fraction of sp³-hybridized carbons (Fsp3) is 0.200. The molecular weight excluding hydrogens is 220 g/mol. The van der Waals surface area contributed by atoms with Crippen molar-refractivity contribution in [1.82, 2.24) is 0 Å². The Morgan fingerprint density at radius 2 is 2.12 bits per heavy atom. The number of rotatable bonds is 1. The highest BCUT2D eigenvalue weighted by Gasteiger charge is 2.50. The minimum Gasteiger partial charge on any atom is -0.465 e. The minimum absolute atomic E-state index is 0.0575. The van der Waals surface area contributed by atoms with Crippen LogP contribution >= 0.6 is 0 Å². The van der Waals surface area contributed by atoms with E-state index in [0.717, 1.165) is 7.11 Å². The van der Waals surface area contributed by atoms with Crippen LogP contribution in [0.4, 0.5) is 14.5 Å². The molecule has 1 heterocycles. The van der Waals surface area contributed by atoms with Gasteiger partial charge in [-0.1, -0.05) is 6.07 Å². The molecule has 1 N–H and O–H groups in total. The average molecular weight is 227 g/mol. The predicted octanol–water partition coefficient (Wildman–Crippen LogP) is 1.52. The molecule has 0 fully saturated rings. The van der Waals surface area contributed by atoms with E-state index in [1.165, 1.54) is 18.2 Å². The highest BCUT2D eigenvalue weighted by Crippen LogP contribution is 2.42. The molecular formula is C10H7F2NO3. The molecule has 1 aliphatic rings. The molecule has 1 aromatic carbocycles. The van der Waals surface area contributed by atoms with Crippen LogP contribution in [0.2, 0.25) is 0 Å². The van der Waals surface area contributed by atoms with E-state index >= 15 is 0 Å². The third-order valence-electron chi connectivity index (χ3n) is 2.32. The van der Waals surface area contributed by atoms with Crippen LogP contribution in [0.1, 0.15) is 15.9 Å². The van der Waals surface area contributed by atoms with Gasteiger partial charge in [-0.2, -0.15) is 8.78 Å². The lowest BCUT2D eigenvalue weighted by atomic mass is 10.0. The second-order valence-corrected chi connectivity index (χ2v) is 3.25. The summed E-state index contributed by atoms with van der Waals surface area (Å²) in [6, 6.07) is 3.90. The standard InChI is InChI=1S/C10H7F2NO3/c1-16-8(14)5-3-2-4-6-7(5)10(11,12)9(15)13-6/h2-4H,1H3,(H,13,15). The number of carbonyl (C=O) groups excluding carboxylic acids is 2. The largest absolute Gasteiger partial charge is 0.465 e. The van der Waals surface area contributed by atoms with Gasteiger partial charge in [0.15, 0.2) is 0 Å². The number of amides is 1. The highest BCUT2D eigenvalue weighted by molar-refractivity contribution is 6.08. The summed E-state index contributed by atoms with van der Waals surface area (Å²) >= 11 is 0. The number of hydrogen-bond donors (Lipinski definition) is 1. The Bertz CT molecular complexity index is 485. The van der Waals surface area contributed by atoms with E-state index in [1.54, 1.807) is 0 Å². The maximum Gasteiger partial charge on any atom is 0.352 e. The number of benzene rings is 1. The predicted molar refractivity (Wildman–Crippen MR) is 50.3 cm³/mol. The minimum atomic E-state index is -3.69. The van der Waals surface area contributed by atoms with Gasteiger partial charge in [0.25, 0.3) is 5.91 Å². The number of ether oxygens (including phenoxy) is 1. The second kappa shape index (κ2) is 3.26. The Morgan fingerprint density at radius 3 is 2.75 bits per heavy atom. The number of hydrogen-bond acceptors (Lipinski definition) is 3. The zero-order chi connectivity index (χ0) is 11.9. The van der Waals surface area contributed by atoms with Gasteiger partial charge in [-0.15, -0.1) is 0 Å². The third-order valence-corrected chi connectivity index (χ3v) is 2.32. The first kappa shape index (κ1) is 10.5. The van der Waals surface area contributed by atoms with E-state index in [9.17, 15) is 18.4 Å². The van der Waals surface area contributed by atoms with Crippen LogP contribution in [0.25, 0.3) is 0 Å². The van der Waals surface area contributed by atoms with Gasteiger partial charge in [-0.25, -0.2) is 4.79 Å². The lowest BCUT2D eigenvalue weighted by Gasteiger charge is -2.10. The quantitative estimate of drug-likeness (QED) is 0.740. The van der Waals surface area contributed by atoms with Crippen molar-refractivity contribution in [2.24, 2.45) is 0 Å². The Balaban J connectivity index is 2.66. The summed E-state index contributed by atoms with van der Waals surface area (Å²) in [5, 5.41) is 2.01. The molecule has 4 nitrogen and oxygen atoms in total. The zero-order valence-corrected chi connectivity index (χ0v) is 8.21. The van der Waals surface area contributed by atoms with Gasteiger partial charge >= 0.3 is 11.9 Å². The molecule has 1 aromatic rings. The topological polar surface area (TPSA) is 55.4 Å². The first-order chi connectivity index (χ1) is 7.48. The summed E-state index contributed by atoms with van der Waals surface area (Å²) in [7, 11) is 1.09. The van der Waals surface area contributed by atoms with Gasteiger partial charge in [0, 0.05) is 0 Å². The molecule has 16 heavy (non-hydrogen) atoms. The van der Waals surface area contributed by atoms with E-state index in [-0.39, 0.29) is 11.3 Å². The van der Waals surface area contributed by atoms with E-state index in [1.807, 2.05) is 5.32 Å². The monoisotopic (exact) mass is 227 g/mol. The van der Waals surface area contributed by atoms with E-state index in [2.05, 4.69) is 4.74 Å². The molecule has 0 saturated heterocycles. The molecule has 6 heteroatoms. The number of esters is 1. The van der Waals surface area contributed by atoms with Crippen LogP contribution in [0.15, 0.2) is 18.2 Å². The molecule has 0 aliphatic carbocycles. The molecule has 0 spiro atoms. The van der Waals surface area contributed by atoms with Gasteiger partial charge in [0.05, 0.1) is 23.9 Å². The zero-order valence-electron chi connectivity index (χ0n) is 8.21. The van der Waals surface area contributed by atoms with Gasteiger partial charge in [0.2, 0.25) is 0 Å². The van der Waals surface area contributed by atoms with E-state index in [0.29, 0.717) is 0 Å². The first-order valence-corrected chi connectivity index (χ1v) is 4.39. The highest BCUT2D eigenvalue weighted by atomic mass is 19.3. The van der Waals surface area contributed by atoms with E-state index in [4.69, 9.17) is 0 Å². The van der Waals surface area contributed by atoms with Crippen molar-refractivity contribution in [3.05, 3.63) is 29.3 Å². The van der Waals surface area contributed by atoms with Crippen LogP contribution in [0.5, 0.6) is 0 Å². The van der Waals surface area contributed by atoms with Gasteiger partial charge in [-0.05, 0) is 12.1 Å². The van der Waals surface area contributed by atoms with Crippen molar-refractivity contribution >= 4 is 17.6 Å². The maximum atomic E-state index is 13.5. The SMILES string of the molecule is COC(=O)c1cccc2c1C(F)(F)C(=O)N2. The summed E-state index contributed by atoms with van der Waals surface area (Å²) in [5.41, 5.74) is -0.979. The van der Waals surface area contributed by atoms with Crippen molar-refractivity contribution in [1.29, 1.82) is 0 Å². The summed E-state index contributed by atoms with van der Waals surface area (Å²) in [4.78, 5) is 22.3. The smallest absolute Gasteiger partial charge is 0.352 e. The number of halogens is 2. The molecule has 2 rings (SSSR count). The van der Waals surface area contributed by atoms with Crippen molar-refractivity contribution in [2.45, 2.75) is 5.92 Å². The number of nitrogens with one attached hydrogen (secondary N) is 1. The molecule has 84 valence electrons. The molecule has 1 aliphatic heterocycles. The molecule has 0 saturated carbocycles. The van der Waals surface area contributed by atoms with Crippen molar-refractivity contribution in [3.63, 3.8) is 0 Å². The molecule has 0 aromatic heterocycles. The van der Waals surface area contributed by atoms with Crippen molar-refractivity contribution < 1.29 is 23.1 Å². The number of alkyl halides is 2. The fourth-order valence-electron chi connectivity index (χ4n) is 1.59. The molecule has 0 radical (unpaired) electrons. The lowest BCUT2D eigenvalue weighted by molar-refractivity contribution is -0.139. The Hall–Kier alpha value is -1.98. The molecule has 0 unspecified atom stereocenters. The van der Waals surface area contributed by atoms with Crippen molar-refractivity contribution in [2.75, 3.05) is 12.4 Å². The van der Waals surface area contributed by atoms with Gasteiger partial charge in [-0.3, -0.25) is 4.79 Å². The lowest BCUT2D eigenvalue weighted by Crippen LogP contribution is -2.25.